The highest BCUT2D eigenvalue weighted by Crippen LogP contribution is 2.25. The molecule has 1 amide bonds. The number of anilines is 1. The average Bonchev–Trinajstić information content (AvgIpc) is 2.33. The van der Waals surface area contributed by atoms with Gasteiger partial charge in [-0.3, -0.25) is 9.59 Å². The van der Waals surface area contributed by atoms with Crippen LogP contribution in [0.25, 0.3) is 0 Å². The van der Waals surface area contributed by atoms with Crippen LogP contribution in [-0.4, -0.2) is 10.9 Å². The molecule has 92 valence electrons. The lowest BCUT2D eigenvalue weighted by Crippen LogP contribution is -2.20. The Bertz CT molecular complexity index is 655. The Balaban J connectivity index is 2.27. The van der Waals surface area contributed by atoms with Gasteiger partial charge in [-0.25, -0.2) is 0 Å². The van der Waals surface area contributed by atoms with Crippen molar-refractivity contribution in [2.24, 2.45) is 0 Å². The molecular weight excluding hydrogens is 320 g/mol. The van der Waals surface area contributed by atoms with E-state index in [1.807, 2.05) is 0 Å². The zero-order valence-corrected chi connectivity index (χ0v) is 11.4. The van der Waals surface area contributed by atoms with Crippen LogP contribution in [0, 0.1) is 0 Å². The van der Waals surface area contributed by atoms with Gasteiger partial charge in [0.15, 0.2) is 5.43 Å². The summed E-state index contributed by atoms with van der Waals surface area (Å²) in [6.45, 7) is 0. The molecule has 0 aliphatic carbocycles. The Hall–Kier alpha value is -1.59. The Morgan fingerprint density at radius 2 is 2.11 bits per heavy atom. The average molecular weight is 328 g/mol. The zero-order chi connectivity index (χ0) is 13.1. The molecule has 2 aromatic rings. The molecular formula is C12H8BrClN2O2. The smallest absolute Gasteiger partial charge is 0.261 e. The molecule has 2 rings (SSSR count). The largest absolute Gasteiger partial charge is 0.367 e. The van der Waals surface area contributed by atoms with Gasteiger partial charge in [0.1, 0.15) is 5.56 Å². The van der Waals surface area contributed by atoms with Gasteiger partial charge in [-0.1, -0.05) is 27.5 Å². The summed E-state index contributed by atoms with van der Waals surface area (Å²) in [4.78, 5) is 26.0. The molecule has 1 aromatic heterocycles. The molecule has 6 heteroatoms. The summed E-state index contributed by atoms with van der Waals surface area (Å²) in [5.41, 5.74) is 0.143. The van der Waals surface area contributed by atoms with Crippen LogP contribution in [0.1, 0.15) is 10.4 Å². The summed E-state index contributed by atoms with van der Waals surface area (Å²) < 4.78 is 0.808. The van der Waals surface area contributed by atoms with Gasteiger partial charge in [0.25, 0.3) is 5.91 Å². The number of benzene rings is 1. The first-order valence-corrected chi connectivity index (χ1v) is 6.18. The zero-order valence-electron chi connectivity index (χ0n) is 9.04. The molecule has 1 heterocycles. The first-order chi connectivity index (χ1) is 8.58. The van der Waals surface area contributed by atoms with E-state index in [2.05, 4.69) is 26.2 Å². The molecule has 2 N–H and O–H groups in total. The number of rotatable bonds is 2. The SMILES string of the molecule is O=C(Nc1ccc(Br)cc1Cl)c1c[nH]ccc1=O. The first kappa shape index (κ1) is 12.9. The van der Waals surface area contributed by atoms with E-state index in [0.717, 1.165) is 4.47 Å². The van der Waals surface area contributed by atoms with E-state index in [9.17, 15) is 9.59 Å². The Kier molecular flexibility index (Phi) is 3.84. The van der Waals surface area contributed by atoms with Crippen molar-refractivity contribution in [2.45, 2.75) is 0 Å². The van der Waals surface area contributed by atoms with Crippen LogP contribution in [0.3, 0.4) is 0 Å². The van der Waals surface area contributed by atoms with Crippen LogP contribution in [0.4, 0.5) is 5.69 Å². The predicted octanol–water partition coefficient (Wildman–Crippen LogP) is 3.04. The third kappa shape index (κ3) is 2.80. The summed E-state index contributed by atoms with van der Waals surface area (Å²) in [7, 11) is 0. The molecule has 0 bridgehead atoms. The number of aromatic nitrogens is 1. The maximum absolute atomic E-state index is 11.9. The van der Waals surface area contributed by atoms with E-state index in [-0.39, 0.29) is 11.0 Å². The number of carbonyl (C=O) groups is 1. The van der Waals surface area contributed by atoms with Gasteiger partial charge >= 0.3 is 0 Å². The van der Waals surface area contributed by atoms with Crippen LogP contribution in [-0.2, 0) is 0 Å². The molecule has 0 saturated heterocycles. The summed E-state index contributed by atoms with van der Waals surface area (Å²) in [5, 5.41) is 2.98. The minimum absolute atomic E-state index is 0.0384. The fraction of sp³-hybridized carbons (Fsp3) is 0. The third-order valence-electron chi connectivity index (χ3n) is 2.25. The number of amides is 1. The van der Waals surface area contributed by atoms with E-state index in [0.29, 0.717) is 10.7 Å². The molecule has 0 saturated carbocycles. The summed E-state index contributed by atoms with van der Waals surface area (Å²) in [6, 6.07) is 6.35. The maximum Gasteiger partial charge on any atom is 0.261 e. The van der Waals surface area contributed by atoms with Crippen molar-refractivity contribution in [3.8, 4) is 0 Å². The van der Waals surface area contributed by atoms with E-state index in [4.69, 9.17) is 11.6 Å². The number of nitrogens with one attached hydrogen (secondary N) is 2. The molecule has 0 unspecified atom stereocenters. The quantitative estimate of drug-likeness (QED) is 0.890. The number of aromatic amines is 1. The number of H-pyrrole nitrogens is 1. The van der Waals surface area contributed by atoms with Gasteiger partial charge in [-0.05, 0) is 18.2 Å². The summed E-state index contributed by atoms with van der Waals surface area (Å²) in [5.74, 6) is -0.499. The van der Waals surface area contributed by atoms with Crippen LogP contribution in [0.5, 0.6) is 0 Å². The fourth-order valence-corrected chi connectivity index (χ4v) is 2.09. The van der Waals surface area contributed by atoms with Crippen molar-refractivity contribution in [1.29, 1.82) is 0 Å². The Labute approximate surface area is 116 Å². The molecule has 0 fully saturated rings. The van der Waals surface area contributed by atoms with Gasteiger partial charge in [0.05, 0.1) is 10.7 Å². The van der Waals surface area contributed by atoms with Crippen LogP contribution >= 0.6 is 27.5 Å². The molecule has 1 aromatic carbocycles. The second-order valence-corrected chi connectivity index (χ2v) is 4.82. The maximum atomic E-state index is 11.9. The highest BCUT2D eigenvalue weighted by atomic mass is 79.9. The van der Waals surface area contributed by atoms with E-state index < -0.39 is 5.91 Å². The van der Waals surface area contributed by atoms with Gasteiger partial charge in [0.2, 0.25) is 0 Å². The van der Waals surface area contributed by atoms with E-state index in [1.54, 1.807) is 18.2 Å². The number of pyridine rings is 1. The highest BCUT2D eigenvalue weighted by molar-refractivity contribution is 9.10. The number of carbonyl (C=O) groups excluding carboxylic acids is 1. The molecule has 0 radical (unpaired) electrons. The molecule has 4 nitrogen and oxygen atoms in total. The van der Waals surface area contributed by atoms with Crippen molar-refractivity contribution in [3.05, 3.63) is 61.9 Å². The second-order valence-electron chi connectivity index (χ2n) is 3.50. The van der Waals surface area contributed by atoms with Crippen molar-refractivity contribution < 1.29 is 4.79 Å². The van der Waals surface area contributed by atoms with Gasteiger partial charge in [-0.2, -0.15) is 0 Å². The van der Waals surface area contributed by atoms with Crippen molar-refractivity contribution in [3.63, 3.8) is 0 Å². The first-order valence-electron chi connectivity index (χ1n) is 5.01. The molecule has 0 aliphatic heterocycles. The topological polar surface area (TPSA) is 62.0 Å². The monoisotopic (exact) mass is 326 g/mol. The fourth-order valence-electron chi connectivity index (χ4n) is 1.37. The molecule has 0 spiro atoms. The van der Waals surface area contributed by atoms with Crippen LogP contribution in [0.2, 0.25) is 5.02 Å². The minimum Gasteiger partial charge on any atom is -0.367 e. The summed E-state index contributed by atoms with van der Waals surface area (Å²) >= 11 is 9.24. The van der Waals surface area contributed by atoms with Crippen LogP contribution in [0.15, 0.2) is 45.9 Å². The standard InChI is InChI=1S/C12H8BrClN2O2/c13-7-1-2-10(9(14)5-7)16-12(18)8-6-15-4-3-11(8)17/h1-6H,(H,15,17)(H,16,18). The molecule has 18 heavy (non-hydrogen) atoms. The normalized spacial score (nSPS) is 10.1. The van der Waals surface area contributed by atoms with E-state index in [1.165, 1.54) is 18.5 Å². The number of halogens is 2. The minimum atomic E-state index is -0.499. The highest BCUT2D eigenvalue weighted by Gasteiger charge is 2.11. The Morgan fingerprint density at radius 1 is 1.33 bits per heavy atom. The van der Waals surface area contributed by atoms with Crippen molar-refractivity contribution in [2.75, 3.05) is 5.32 Å². The predicted molar refractivity (Wildman–Crippen MR) is 74.2 cm³/mol. The van der Waals surface area contributed by atoms with Crippen molar-refractivity contribution >= 4 is 39.1 Å². The second kappa shape index (κ2) is 5.37. The van der Waals surface area contributed by atoms with Gasteiger partial charge < -0.3 is 10.3 Å². The van der Waals surface area contributed by atoms with Gasteiger partial charge in [-0.15, -0.1) is 0 Å². The molecule has 0 atom stereocenters. The molecule has 0 aliphatic rings. The lowest BCUT2D eigenvalue weighted by atomic mass is 10.2. The lowest BCUT2D eigenvalue weighted by molar-refractivity contribution is 0.102. The van der Waals surface area contributed by atoms with Crippen molar-refractivity contribution in [1.82, 2.24) is 4.98 Å². The Morgan fingerprint density at radius 3 is 2.78 bits per heavy atom. The summed E-state index contributed by atoms with van der Waals surface area (Å²) in [6.07, 6.45) is 2.82. The lowest BCUT2D eigenvalue weighted by Gasteiger charge is -2.06. The van der Waals surface area contributed by atoms with Gasteiger partial charge in [0, 0.05) is 22.9 Å². The third-order valence-corrected chi connectivity index (χ3v) is 3.05. The van der Waals surface area contributed by atoms with Crippen LogP contribution < -0.4 is 10.7 Å². The number of hydrogen-bond acceptors (Lipinski definition) is 2. The number of hydrogen-bond donors (Lipinski definition) is 2. The van der Waals surface area contributed by atoms with E-state index >= 15 is 0 Å².